The van der Waals surface area contributed by atoms with Crippen molar-refractivity contribution in [2.45, 2.75) is 25.2 Å². The van der Waals surface area contributed by atoms with Gasteiger partial charge < -0.3 is 9.72 Å². The summed E-state index contributed by atoms with van der Waals surface area (Å²) in [5.41, 5.74) is 4.06. The number of nitrogens with zero attached hydrogens (tertiary/aromatic N) is 1. The van der Waals surface area contributed by atoms with Gasteiger partial charge in [0.1, 0.15) is 17.4 Å². The fourth-order valence-electron chi connectivity index (χ4n) is 3.61. The van der Waals surface area contributed by atoms with E-state index in [9.17, 15) is 9.59 Å². The number of thiazole rings is 1. The Bertz CT molecular complexity index is 1280. The Morgan fingerprint density at radius 3 is 2.71 bits per heavy atom. The highest BCUT2D eigenvalue weighted by atomic mass is 32.2. The van der Waals surface area contributed by atoms with Crippen molar-refractivity contribution in [1.29, 1.82) is 0 Å². The maximum atomic E-state index is 11.8. The number of benzene rings is 2. The summed E-state index contributed by atoms with van der Waals surface area (Å²) in [6, 6.07) is 18.1. The van der Waals surface area contributed by atoms with E-state index in [2.05, 4.69) is 27.4 Å². The molecule has 0 spiro atoms. The molecular weight excluding hydrogens is 430 g/mol. The molecule has 2 N–H and O–H groups in total. The lowest BCUT2D eigenvalue weighted by atomic mass is 10.2. The standard InChI is InChI=1S/C23H19N3O3S2/c1-13-21(14-5-3-2-4-6-14)31-20(24-13)12-29-17-7-8-18-15(10-17)9-16(25-18)11-19-22(27)26-23(28)30-19/h2-10,19,25H,11-12H2,1H3,(H,26,27,28). The van der Waals surface area contributed by atoms with Crippen molar-refractivity contribution in [3.8, 4) is 16.2 Å². The number of fused-ring (bicyclic) bond motifs is 1. The van der Waals surface area contributed by atoms with Crippen molar-refractivity contribution in [2.24, 2.45) is 0 Å². The van der Waals surface area contributed by atoms with E-state index in [4.69, 9.17) is 4.74 Å². The van der Waals surface area contributed by atoms with Gasteiger partial charge in [0.05, 0.1) is 15.8 Å². The van der Waals surface area contributed by atoms with Crippen LogP contribution in [-0.2, 0) is 17.8 Å². The lowest BCUT2D eigenvalue weighted by Gasteiger charge is -2.03. The monoisotopic (exact) mass is 449 g/mol. The number of ether oxygens (including phenoxy) is 1. The second kappa shape index (κ2) is 8.20. The maximum absolute atomic E-state index is 11.8. The lowest BCUT2D eigenvalue weighted by Crippen LogP contribution is -2.25. The van der Waals surface area contributed by atoms with Gasteiger partial charge in [0, 0.05) is 23.0 Å². The molecular formula is C23H19N3O3S2. The van der Waals surface area contributed by atoms with Crippen LogP contribution in [0.1, 0.15) is 16.4 Å². The molecule has 3 heterocycles. The molecule has 1 fully saturated rings. The Morgan fingerprint density at radius 2 is 1.94 bits per heavy atom. The van der Waals surface area contributed by atoms with Crippen LogP contribution in [0.3, 0.4) is 0 Å². The fraction of sp³-hybridized carbons (Fsp3) is 0.174. The smallest absolute Gasteiger partial charge is 0.286 e. The Balaban J connectivity index is 1.28. The van der Waals surface area contributed by atoms with Gasteiger partial charge in [-0.15, -0.1) is 11.3 Å². The Kier molecular flexibility index (Phi) is 5.25. The number of thioether (sulfide) groups is 1. The zero-order valence-electron chi connectivity index (χ0n) is 16.7. The number of aromatic nitrogens is 2. The molecule has 0 radical (unpaired) electrons. The molecule has 1 aliphatic heterocycles. The van der Waals surface area contributed by atoms with E-state index < -0.39 is 0 Å². The van der Waals surface area contributed by atoms with E-state index in [-0.39, 0.29) is 16.4 Å². The maximum Gasteiger partial charge on any atom is 0.286 e. The Morgan fingerprint density at radius 1 is 1.10 bits per heavy atom. The quantitative estimate of drug-likeness (QED) is 0.429. The second-order valence-corrected chi connectivity index (χ2v) is 9.57. The minimum Gasteiger partial charge on any atom is -0.486 e. The molecule has 0 aliphatic carbocycles. The molecule has 2 aromatic carbocycles. The lowest BCUT2D eigenvalue weighted by molar-refractivity contribution is -0.118. The first-order valence-corrected chi connectivity index (χ1v) is 11.5. The first-order chi connectivity index (χ1) is 15.0. The normalized spacial score (nSPS) is 16.1. The minimum absolute atomic E-state index is 0.230. The largest absolute Gasteiger partial charge is 0.486 e. The van der Waals surface area contributed by atoms with Gasteiger partial charge in [-0.2, -0.15) is 0 Å². The second-order valence-electron chi connectivity index (χ2n) is 7.31. The summed E-state index contributed by atoms with van der Waals surface area (Å²) in [6.45, 7) is 2.42. The summed E-state index contributed by atoms with van der Waals surface area (Å²) in [6.07, 6.45) is 0.480. The number of amides is 2. The third-order valence-electron chi connectivity index (χ3n) is 5.06. The first-order valence-electron chi connectivity index (χ1n) is 9.83. The first kappa shape index (κ1) is 19.8. The average molecular weight is 450 g/mol. The van der Waals surface area contributed by atoms with Crippen LogP contribution in [0.4, 0.5) is 4.79 Å². The number of rotatable bonds is 6. The van der Waals surface area contributed by atoms with Gasteiger partial charge in [0.2, 0.25) is 5.91 Å². The van der Waals surface area contributed by atoms with Crippen molar-refractivity contribution in [3.05, 3.63) is 71.0 Å². The van der Waals surface area contributed by atoms with Gasteiger partial charge in [0.25, 0.3) is 5.24 Å². The van der Waals surface area contributed by atoms with Crippen LogP contribution in [0, 0.1) is 6.92 Å². The summed E-state index contributed by atoms with van der Waals surface area (Å²) in [5, 5.41) is 3.59. The number of aryl methyl sites for hydroxylation is 1. The Labute approximate surface area is 187 Å². The summed E-state index contributed by atoms with van der Waals surface area (Å²) in [5.74, 6) is 0.529. The summed E-state index contributed by atoms with van der Waals surface area (Å²) in [7, 11) is 0. The van der Waals surface area contributed by atoms with Gasteiger partial charge >= 0.3 is 0 Å². The predicted octanol–water partition coefficient (Wildman–Crippen LogP) is 5.07. The van der Waals surface area contributed by atoms with Gasteiger partial charge in [-0.25, -0.2) is 4.98 Å². The molecule has 8 heteroatoms. The Hall–Kier alpha value is -3.10. The molecule has 6 nitrogen and oxygen atoms in total. The van der Waals surface area contributed by atoms with Gasteiger partial charge in [-0.1, -0.05) is 42.1 Å². The molecule has 1 atom stereocenters. The molecule has 1 saturated heterocycles. The van der Waals surface area contributed by atoms with E-state index in [1.807, 2.05) is 49.4 Å². The number of imide groups is 1. The minimum atomic E-state index is -0.386. The molecule has 4 aromatic rings. The summed E-state index contributed by atoms with van der Waals surface area (Å²) < 4.78 is 6.00. The summed E-state index contributed by atoms with van der Waals surface area (Å²) >= 11 is 2.69. The van der Waals surface area contributed by atoms with Gasteiger partial charge in [-0.3, -0.25) is 14.9 Å². The van der Waals surface area contributed by atoms with E-state index in [1.54, 1.807) is 11.3 Å². The van der Waals surface area contributed by atoms with Crippen LogP contribution in [0.25, 0.3) is 21.3 Å². The topological polar surface area (TPSA) is 84.1 Å². The van der Waals surface area contributed by atoms with Crippen molar-refractivity contribution in [2.75, 3.05) is 0 Å². The van der Waals surface area contributed by atoms with E-state index in [1.165, 1.54) is 5.56 Å². The number of carbonyl (C=O) groups excluding carboxylic acids is 2. The number of hydrogen-bond donors (Lipinski definition) is 2. The van der Waals surface area contributed by atoms with Crippen molar-refractivity contribution >= 4 is 45.1 Å². The number of carbonyl (C=O) groups is 2. The molecule has 2 aromatic heterocycles. The molecule has 0 bridgehead atoms. The molecule has 0 saturated carbocycles. The van der Waals surface area contributed by atoms with E-state index in [0.29, 0.717) is 13.0 Å². The average Bonchev–Trinajstić information content (AvgIpc) is 3.43. The van der Waals surface area contributed by atoms with Crippen molar-refractivity contribution in [3.63, 3.8) is 0 Å². The van der Waals surface area contributed by atoms with Crippen LogP contribution in [-0.4, -0.2) is 26.4 Å². The number of nitrogens with one attached hydrogen (secondary N) is 2. The highest BCUT2D eigenvalue weighted by Gasteiger charge is 2.31. The van der Waals surface area contributed by atoms with Crippen LogP contribution in [0.5, 0.6) is 5.75 Å². The van der Waals surface area contributed by atoms with Crippen LogP contribution >= 0.6 is 23.1 Å². The van der Waals surface area contributed by atoms with Gasteiger partial charge in [-0.05, 0) is 36.8 Å². The molecule has 31 heavy (non-hydrogen) atoms. The predicted molar refractivity (Wildman–Crippen MR) is 124 cm³/mol. The highest BCUT2D eigenvalue weighted by molar-refractivity contribution is 8.15. The van der Waals surface area contributed by atoms with Gasteiger partial charge in [0.15, 0.2) is 0 Å². The molecule has 156 valence electrons. The van der Waals surface area contributed by atoms with Crippen LogP contribution < -0.4 is 10.1 Å². The molecule has 1 aliphatic rings. The van der Waals surface area contributed by atoms with Crippen molar-refractivity contribution < 1.29 is 14.3 Å². The fourth-order valence-corrected chi connectivity index (χ4v) is 5.44. The highest BCUT2D eigenvalue weighted by Crippen LogP contribution is 2.31. The zero-order valence-corrected chi connectivity index (χ0v) is 18.3. The summed E-state index contributed by atoms with van der Waals surface area (Å²) in [4.78, 5) is 32.3. The number of H-pyrrole nitrogens is 1. The van der Waals surface area contributed by atoms with Crippen LogP contribution in [0.2, 0.25) is 0 Å². The molecule has 2 amide bonds. The zero-order chi connectivity index (χ0) is 21.4. The SMILES string of the molecule is Cc1nc(COc2ccc3[nH]c(CC4SC(=O)NC4=O)cc3c2)sc1-c1ccccc1. The number of hydrogen-bond acceptors (Lipinski definition) is 6. The molecule has 1 unspecified atom stereocenters. The van der Waals surface area contributed by atoms with Crippen molar-refractivity contribution in [1.82, 2.24) is 15.3 Å². The molecule has 5 rings (SSSR count). The van der Waals surface area contributed by atoms with Crippen LogP contribution in [0.15, 0.2) is 54.6 Å². The van der Waals surface area contributed by atoms with E-state index in [0.717, 1.165) is 49.7 Å². The number of aromatic amines is 1. The third-order valence-corrected chi connectivity index (χ3v) is 7.22. The third kappa shape index (κ3) is 4.22. The van der Waals surface area contributed by atoms with E-state index >= 15 is 0 Å².